The van der Waals surface area contributed by atoms with E-state index in [2.05, 4.69) is 20.6 Å². The van der Waals surface area contributed by atoms with Gasteiger partial charge in [-0.1, -0.05) is 0 Å². The quantitative estimate of drug-likeness (QED) is 0.835. The SMILES string of the molecule is CNc1ncnc(NC2CCC(OC)C2)c1C. The summed E-state index contributed by atoms with van der Waals surface area (Å²) in [5.41, 5.74) is 1.07. The average Bonchev–Trinajstić information content (AvgIpc) is 2.79. The molecule has 2 N–H and O–H groups in total. The molecular weight excluding hydrogens is 216 g/mol. The zero-order valence-electron chi connectivity index (χ0n) is 10.7. The molecule has 5 nitrogen and oxygen atoms in total. The summed E-state index contributed by atoms with van der Waals surface area (Å²) in [4.78, 5) is 8.47. The van der Waals surface area contributed by atoms with E-state index in [0.717, 1.165) is 36.5 Å². The Morgan fingerprint density at radius 3 is 2.71 bits per heavy atom. The van der Waals surface area contributed by atoms with E-state index in [-0.39, 0.29) is 0 Å². The molecule has 5 heteroatoms. The number of nitrogens with zero attached hydrogens (tertiary/aromatic N) is 2. The van der Waals surface area contributed by atoms with Crippen LogP contribution in [0.15, 0.2) is 6.33 Å². The lowest BCUT2D eigenvalue weighted by Crippen LogP contribution is -2.19. The van der Waals surface area contributed by atoms with E-state index in [1.54, 1.807) is 13.4 Å². The Morgan fingerprint density at radius 1 is 1.29 bits per heavy atom. The highest BCUT2D eigenvalue weighted by Gasteiger charge is 2.25. The predicted octanol–water partition coefficient (Wildman–Crippen LogP) is 1.81. The van der Waals surface area contributed by atoms with Gasteiger partial charge >= 0.3 is 0 Å². The monoisotopic (exact) mass is 236 g/mol. The molecule has 0 spiro atoms. The van der Waals surface area contributed by atoms with Crippen LogP contribution in [0, 0.1) is 6.92 Å². The molecule has 2 unspecified atom stereocenters. The third kappa shape index (κ3) is 2.66. The van der Waals surface area contributed by atoms with E-state index in [1.807, 2.05) is 14.0 Å². The number of rotatable bonds is 4. The van der Waals surface area contributed by atoms with Crippen LogP contribution in [0.5, 0.6) is 0 Å². The van der Waals surface area contributed by atoms with Crippen LogP contribution in [-0.4, -0.2) is 36.3 Å². The maximum absolute atomic E-state index is 5.37. The molecule has 1 aliphatic rings. The van der Waals surface area contributed by atoms with Crippen LogP contribution in [0.4, 0.5) is 11.6 Å². The summed E-state index contributed by atoms with van der Waals surface area (Å²) in [5.74, 6) is 1.80. The number of hydrogen-bond donors (Lipinski definition) is 2. The standard InChI is InChI=1S/C12H20N4O/c1-8-11(13-2)14-7-15-12(8)16-9-4-5-10(6-9)17-3/h7,9-10H,4-6H2,1-3H3,(H2,13,14,15,16). The summed E-state index contributed by atoms with van der Waals surface area (Å²) in [6.07, 6.45) is 5.28. The maximum atomic E-state index is 5.37. The van der Waals surface area contributed by atoms with Gasteiger partial charge in [0.1, 0.15) is 18.0 Å². The van der Waals surface area contributed by atoms with Crippen LogP contribution in [0.2, 0.25) is 0 Å². The van der Waals surface area contributed by atoms with Crippen LogP contribution in [0.3, 0.4) is 0 Å². The number of hydrogen-bond acceptors (Lipinski definition) is 5. The first-order valence-corrected chi connectivity index (χ1v) is 6.03. The van der Waals surface area contributed by atoms with Gasteiger partial charge in [-0.3, -0.25) is 0 Å². The Morgan fingerprint density at radius 2 is 2.06 bits per heavy atom. The molecule has 0 amide bonds. The molecule has 1 aromatic rings. The first kappa shape index (κ1) is 12.1. The summed E-state index contributed by atoms with van der Waals surface area (Å²) < 4.78 is 5.37. The minimum atomic E-state index is 0.387. The maximum Gasteiger partial charge on any atom is 0.134 e. The van der Waals surface area contributed by atoms with Gasteiger partial charge in [0.05, 0.1) is 6.10 Å². The fourth-order valence-corrected chi connectivity index (χ4v) is 2.33. The molecule has 0 aromatic carbocycles. The van der Waals surface area contributed by atoms with Crippen LogP contribution in [0.1, 0.15) is 24.8 Å². The largest absolute Gasteiger partial charge is 0.381 e. The molecule has 2 atom stereocenters. The summed E-state index contributed by atoms with van der Waals surface area (Å²) in [6.45, 7) is 2.02. The minimum Gasteiger partial charge on any atom is -0.381 e. The van der Waals surface area contributed by atoms with E-state index in [9.17, 15) is 0 Å². The van der Waals surface area contributed by atoms with Crippen molar-refractivity contribution in [2.45, 2.75) is 38.3 Å². The molecule has 1 aromatic heterocycles. The third-order valence-electron chi connectivity index (χ3n) is 3.38. The number of anilines is 2. The van der Waals surface area contributed by atoms with Gasteiger partial charge in [-0.15, -0.1) is 0 Å². The molecule has 2 rings (SSSR count). The van der Waals surface area contributed by atoms with Crippen molar-refractivity contribution in [2.24, 2.45) is 0 Å². The second-order valence-electron chi connectivity index (χ2n) is 4.46. The Bertz CT molecular complexity index is 383. The van der Waals surface area contributed by atoms with Crippen LogP contribution in [0.25, 0.3) is 0 Å². The second kappa shape index (κ2) is 5.31. The Balaban J connectivity index is 2.04. The molecular formula is C12H20N4O. The summed E-state index contributed by atoms with van der Waals surface area (Å²) in [6, 6.07) is 0.457. The molecule has 1 saturated carbocycles. The van der Waals surface area contributed by atoms with Gasteiger partial charge in [-0.2, -0.15) is 0 Å². The van der Waals surface area contributed by atoms with Gasteiger partial charge in [0, 0.05) is 25.8 Å². The van der Waals surface area contributed by atoms with Crippen molar-refractivity contribution in [3.8, 4) is 0 Å². The Kier molecular flexibility index (Phi) is 3.78. The lowest BCUT2D eigenvalue weighted by atomic mass is 10.2. The number of methoxy groups -OCH3 is 1. The number of nitrogens with one attached hydrogen (secondary N) is 2. The molecule has 0 bridgehead atoms. The zero-order chi connectivity index (χ0) is 12.3. The molecule has 0 aliphatic heterocycles. The van der Waals surface area contributed by atoms with Crippen molar-refractivity contribution >= 4 is 11.6 Å². The molecule has 1 heterocycles. The van der Waals surface area contributed by atoms with Gasteiger partial charge in [-0.25, -0.2) is 9.97 Å². The Hall–Kier alpha value is -1.36. The van der Waals surface area contributed by atoms with E-state index in [4.69, 9.17) is 4.74 Å². The molecule has 0 radical (unpaired) electrons. The van der Waals surface area contributed by atoms with Gasteiger partial charge in [0.15, 0.2) is 0 Å². The number of ether oxygens (including phenoxy) is 1. The van der Waals surface area contributed by atoms with Gasteiger partial charge < -0.3 is 15.4 Å². The molecule has 1 aliphatic carbocycles. The van der Waals surface area contributed by atoms with Gasteiger partial charge in [0.2, 0.25) is 0 Å². The van der Waals surface area contributed by atoms with E-state index in [1.165, 1.54) is 0 Å². The molecule has 17 heavy (non-hydrogen) atoms. The summed E-state index contributed by atoms with van der Waals surface area (Å²) in [5, 5.41) is 6.54. The lowest BCUT2D eigenvalue weighted by molar-refractivity contribution is 0.108. The van der Waals surface area contributed by atoms with Crippen LogP contribution < -0.4 is 10.6 Å². The zero-order valence-corrected chi connectivity index (χ0v) is 10.7. The first-order chi connectivity index (χ1) is 8.24. The van der Waals surface area contributed by atoms with E-state index < -0.39 is 0 Å². The van der Waals surface area contributed by atoms with E-state index >= 15 is 0 Å². The van der Waals surface area contributed by atoms with Crippen molar-refractivity contribution in [3.05, 3.63) is 11.9 Å². The average molecular weight is 236 g/mol. The Labute approximate surface area is 102 Å². The van der Waals surface area contributed by atoms with Gasteiger partial charge in [0.25, 0.3) is 0 Å². The highest BCUT2D eigenvalue weighted by Crippen LogP contribution is 2.26. The third-order valence-corrected chi connectivity index (χ3v) is 3.38. The smallest absolute Gasteiger partial charge is 0.134 e. The highest BCUT2D eigenvalue weighted by molar-refractivity contribution is 5.56. The fourth-order valence-electron chi connectivity index (χ4n) is 2.33. The summed E-state index contributed by atoms with van der Waals surface area (Å²) in [7, 11) is 3.65. The van der Waals surface area contributed by atoms with Crippen molar-refractivity contribution in [1.82, 2.24) is 9.97 Å². The van der Waals surface area contributed by atoms with Crippen LogP contribution in [-0.2, 0) is 4.74 Å². The van der Waals surface area contributed by atoms with Crippen molar-refractivity contribution in [1.29, 1.82) is 0 Å². The molecule has 1 fully saturated rings. The van der Waals surface area contributed by atoms with Crippen molar-refractivity contribution in [3.63, 3.8) is 0 Å². The highest BCUT2D eigenvalue weighted by atomic mass is 16.5. The first-order valence-electron chi connectivity index (χ1n) is 6.03. The molecule has 94 valence electrons. The summed E-state index contributed by atoms with van der Waals surface area (Å²) >= 11 is 0. The van der Waals surface area contributed by atoms with Crippen LogP contribution >= 0.6 is 0 Å². The predicted molar refractivity (Wildman–Crippen MR) is 68.4 cm³/mol. The minimum absolute atomic E-state index is 0.387. The lowest BCUT2D eigenvalue weighted by Gasteiger charge is -2.16. The molecule has 0 saturated heterocycles. The normalized spacial score (nSPS) is 23.7. The van der Waals surface area contributed by atoms with Crippen molar-refractivity contribution in [2.75, 3.05) is 24.8 Å². The number of aromatic nitrogens is 2. The topological polar surface area (TPSA) is 59.1 Å². The van der Waals surface area contributed by atoms with E-state index in [0.29, 0.717) is 12.1 Å². The fraction of sp³-hybridized carbons (Fsp3) is 0.667. The van der Waals surface area contributed by atoms with Gasteiger partial charge in [-0.05, 0) is 26.2 Å². The second-order valence-corrected chi connectivity index (χ2v) is 4.46. The van der Waals surface area contributed by atoms with Crippen molar-refractivity contribution < 1.29 is 4.74 Å².